The summed E-state index contributed by atoms with van der Waals surface area (Å²) in [7, 11) is 0. The molecule has 2 amide bonds. The molecule has 6 heteroatoms. The van der Waals surface area contributed by atoms with E-state index in [4.69, 9.17) is 16.3 Å². The quantitative estimate of drug-likeness (QED) is 0.557. The molecular weight excluding hydrogens is 412 g/mol. The van der Waals surface area contributed by atoms with Crippen LogP contribution in [0.2, 0.25) is 5.02 Å². The Kier molecular flexibility index (Phi) is 5.96. The van der Waals surface area contributed by atoms with E-state index in [1.54, 1.807) is 41.3 Å². The number of carbonyl (C=O) groups excluding carboxylic acids is 2. The summed E-state index contributed by atoms with van der Waals surface area (Å²) in [5.41, 5.74) is 3.67. The first kappa shape index (κ1) is 20.9. The Hall–Kier alpha value is -3.31. The van der Waals surface area contributed by atoms with Crippen molar-refractivity contribution in [1.29, 1.82) is 0 Å². The van der Waals surface area contributed by atoms with Gasteiger partial charge in [0.1, 0.15) is 11.5 Å². The fourth-order valence-electron chi connectivity index (χ4n) is 3.57. The van der Waals surface area contributed by atoms with E-state index in [-0.39, 0.29) is 18.2 Å². The van der Waals surface area contributed by atoms with E-state index in [1.807, 2.05) is 44.2 Å². The Morgan fingerprint density at radius 1 is 1.03 bits per heavy atom. The topological polar surface area (TPSA) is 58.6 Å². The van der Waals surface area contributed by atoms with Gasteiger partial charge in [0.25, 0.3) is 0 Å². The molecule has 1 aliphatic rings. The molecule has 1 N–H and O–H groups in total. The standard InChI is InChI=1S/C25H23ClN2O3/c1-16-4-3-5-23(17(16)2)31-22-12-8-20(9-13-22)27-25(30)18-14-24(29)28(15-18)21-10-6-19(26)7-11-21/h3-13,18H,14-15H2,1-2H3,(H,27,30)/t18-/m0/s1. The largest absolute Gasteiger partial charge is 0.457 e. The van der Waals surface area contributed by atoms with E-state index in [2.05, 4.69) is 5.32 Å². The van der Waals surface area contributed by atoms with Gasteiger partial charge in [-0.1, -0.05) is 23.7 Å². The first-order valence-corrected chi connectivity index (χ1v) is 10.5. The molecule has 0 radical (unpaired) electrons. The second-order valence-corrected chi connectivity index (χ2v) is 8.13. The Morgan fingerprint density at radius 3 is 2.45 bits per heavy atom. The van der Waals surface area contributed by atoms with E-state index in [0.717, 1.165) is 17.0 Å². The highest BCUT2D eigenvalue weighted by Crippen LogP contribution is 2.29. The number of anilines is 2. The molecule has 3 aromatic rings. The van der Waals surface area contributed by atoms with Crippen molar-refractivity contribution in [2.45, 2.75) is 20.3 Å². The van der Waals surface area contributed by atoms with Crippen molar-refractivity contribution in [1.82, 2.24) is 0 Å². The van der Waals surface area contributed by atoms with Crippen molar-refractivity contribution >= 4 is 34.8 Å². The minimum atomic E-state index is -0.408. The zero-order valence-corrected chi connectivity index (χ0v) is 18.1. The van der Waals surface area contributed by atoms with Gasteiger partial charge < -0.3 is 15.0 Å². The fraction of sp³-hybridized carbons (Fsp3) is 0.200. The number of aryl methyl sites for hydroxylation is 1. The van der Waals surface area contributed by atoms with Crippen molar-refractivity contribution in [3.8, 4) is 11.5 Å². The van der Waals surface area contributed by atoms with Crippen LogP contribution in [0.1, 0.15) is 17.5 Å². The summed E-state index contributed by atoms with van der Waals surface area (Å²) in [5.74, 6) is 0.849. The SMILES string of the molecule is Cc1cccc(Oc2ccc(NC(=O)[C@H]3CC(=O)N(c4ccc(Cl)cc4)C3)cc2)c1C. The Balaban J connectivity index is 1.38. The lowest BCUT2D eigenvalue weighted by Crippen LogP contribution is -2.28. The predicted molar refractivity (Wildman–Crippen MR) is 123 cm³/mol. The Morgan fingerprint density at radius 2 is 1.74 bits per heavy atom. The van der Waals surface area contributed by atoms with Crippen molar-refractivity contribution < 1.29 is 14.3 Å². The van der Waals surface area contributed by atoms with Gasteiger partial charge >= 0.3 is 0 Å². The molecule has 0 bridgehead atoms. The van der Waals surface area contributed by atoms with Crippen LogP contribution in [-0.2, 0) is 9.59 Å². The number of nitrogens with zero attached hydrogens (tertiary/aromatic N) is 1. The molecule has 1 aliphatic heterocycles. The number of ether oxygens (including phenoxy) is 1. The van der Waals surface area contributed by atoms with Crippen LogP contribution in [-0.4, -0.2) is 18.4 Å². The van der Waals surface area contributed by atoms with Crippen LogP contribution in [0.25, 0.3) is 0 Å². The van der Waals surface area contributed by atoms with Gasteiger partial charge in [-0.25, -0.2) is 0 Å². The highest BCUT2D eigenvalue weighted by atomic mass is 35.5. The zero-order valence-electron chi connectivity index (χ0n) is 17.4. The first-order valence-electron chi connectivity index (χ1n) is 10.1. The third-order valence-electron chi connectivity index (χ3n) is 5.54. The molecule has 1 atom stereocenters. The molecule has 0 unspecified atom stereocenters. The fourth-order valence-corrected chi connectivity index (χ4v) is 3.69. The average molecular weight is 435 g/mol. The molecule has 1 fully saturated rings. The molecule has 158 valence electrons. The van der Waals surface area contributed by atoms with Crippen LogP contribution in [0.4, 0.5) is 11.4 Å². The number of halogens is 1. The summed E-state index contributed by atoms with van der Waals surface area (Å²) in [6, 6.07) is 20.2. The second kappa shape index (κ2) is 8.82. The summed E-state index contributed by atoms with van der Waals surface area (Å²) >= 11 is 5.92. The van der Waals surface area contributed by atoms with Gasteiger partial charge in [-0.05, 0) is 79.6 Å². The number of hydrogen-bond acceptors (Lipinski definition) is 3. The molecule has 1 heterocycles. The van der Waals surface area contributed by atoms with Crippen LogP contribution < -0.4 is 15.0 Å². The predicted octanol–water partition coefficient (Wildman–Crippen LogP) is 5.74. The lowest BCUT2D eigenvalue weighted by atomic mass is 10.1. The van der Waals surface area contributed by atoms with Crippen molar-refractivity contribution in [3.63, 3.8) is 0 Å². The molecule has 0 aliphatic carbocycles. The minimum absolute atomic E-state index is 0.0697. The summed E-state index contributed by atoms with van der Waals surface area (Å²) in [6.45, 7) is 4.41. The average Bonchev–Trinajstić information content (AvgIpc) is 3.15. The molecule has 4 rings (SSSR count). The number of benzene rings is 3. The van der Waals surface area contributed by atoms with Crippen LogP contribution in [0.3, 0.4) is 0 Å². The second-order valence-electron chi connectivity index (χ2n) is 7.70. The molecular formula is C25H23ClN2O3. The summed E-state index contributed by atoms with van der Waals surface area (Å²) in [6.07, 6.45) is 0.183. The lowest BCUT2D eigenvalue weighted by Gasteiger charge is -2.17. The Bertz CT molecular complexity index is 1110. The molecule has 0 saturated carbocycles. The number of carbonyl (C=O) groups is 2. The van der Waals surface area contributed by atoms with E-state index >= 15 is 0 Å². The molecule has 3 aromatic carbocycles. The van der Waals surface area contributed by atoms with E-state index in [1.165, 1.54) is 5.56 Å². The van der Waals surface area contributed by atoms with Crippen LogP contribution in [0.15, 0.2) is 66.7 Å². The molecule has 0 spiro atoms. The van der Waals surface area contributed by atoms with E-state index in [0.29, 0.717) is 23.0 Å². The lowest BCUT2D eigenvalue weighted by molar-refractivity contribution is -0.122. The number of amides is 2. The normalized spacial score (nSPS) is 15.8. The third-order valence-corrected chi connectivity index (χ3v) is 5.79. The van der Waals surface area contributed by atoms with E-state index < -0.39 is 5.92 Å². The third kappa shape index (κ3) is 4.72. The van der Waals surface area contributed by atoms with Crippen molar-refractivity contribution in [2.24, 2.45) is 5.92 Å². The Labute approximate surface area is 186 Å². The molecule has 1 saturated heterocycles. The van der Waals surface area contributed by atoms with Gasteiger partial charge in [0.2, 0.25) is 11.8 Å². The highest BCUT2D eigenvalue weighted by molar-refractivity contribution is 6.30. The molecule has 31 heavy (non-hydrogen) atoms. The van der Waals surface area contributed by atoms with Gasteiger partial charge in [-0.3, -0.25) is 9.59 Å². The summed E-state index contributed by atoms with van der Waals surface area (Å²) in [5, 5.41) is 3.51. The van der Waals surface area contributed by atoms with Gasteiger partial charge in [-0.15, -0.1) is 0 Å². The maximum absolute atomic E-state index is 12.7. The monoisotopic (exact) mass is 434 g/mol. The van der Waals surface area contributed by atoms with Crippen LogP contribution in [0.5, 0.6) is 11.5 Å². The highest BCUT2D eigenvalue weighted by Gasteiger charge is 2.35. The number of rotatable bonds is 5. The molecule has 0 aromatic heterocycles. The number of hydrogen-bond donors (Lipinski definition) is 1. The first-order chi connectivity index (χ1) is 14.9. The maximum Gasteiger partial charge on any atom is 0.229 e. The van der Waals surface area contributed by atoms with Crippen molar-refractivity contribution in [3.05, 3.63) is 82.9 Å². The van der Waals surface area contributed by atoms with Gasteiger partial charge in [0.05, 0.1) is 5.92 Å². The maximum atomic E-state index is 12.7. The van der Waals surface area contributed by atoms with Gasteiger partial charge in [0, 0.05) is 29.4 Å². The van der Waals surface area contributed by atoms with Crippen LogP contribution >= 0.6 is 11.6 Å². The smallest absolute Gasteiger partial charge is 0.229 e. The van der Waals surface area contributed by atoms with E-state index in [9.17, 15) is 9.59 Å². The molecule has 5 nitrogen and oxygen atoms in total. The van der Waals surface area contributed by atoms with Gasteiger partial charge in [-0.2, -0.15) is 0 Å². The van der Waals surface area contributed by atoms with Gasteiger partial charge in [0.15, 0.2) is 0 Å². The minimum Gasteiger partial charge on any atom is -0.457 e. The van der Waals surface area contributed by atoms with Crippen molar-refractivity contribution in [2.75, 3.05) is 16.8 Å². The zero-order chi connectivity index (χ0) is 22.0. The van der Waals surface area contributed by atoms with Crippen LogP contribution in [0, 0.1) is 19.8 Å². The summed E-state index contributed by atoms with van der Waals surface area (Å²) < 4.78 is 5.96. The number of nitrogens with one attached hydrogen (secondary N) is 1. The summed E-state index contributed by atoms with van der Waals surface area (Å²) in [4.78, 5) is 26.7.